The highest BCUT2D eigenvalue weighted by atomic mass is 35.7. The molecule has 5 heteroatoms. The van der Waals surface area contributed by atoms with Gasteiger partial charge >= 0.3 is 0 Å². The van der Waals surface area contributed by atoms with Crippen LogP contribution in [-0.4, -0.2) is 38.2 Å². The molecule has 0 N–H and O–H groups in total. The van der Waals surface area contributed by atoms with Crippen molar-refractivity contribution in [2.45, 2.75) is 26.3 Å². The van der Waals surface area contributed by atoms with Crippen LogP contribution in [0.5, 0.6) is 0 Å². The Morgan fingerprint density at radius 2 is 2.20 bits per heavy atom. The Kier molecular flexibility index (Phi) is 4.62. The second-order valence-corrected chi connectivity index (χ2v) is 7.09. The molecule has 0 aromatic heterocycles. The number of hydrogen-bond donors (Lipinski definition) is 0. The predicted octanol–water partition coefficient (Wildman–Crippen LogP) is 1.84. The van der Waals surface area contributed by atoms with E-state index >= 15 is 0 Å². The van der Waals surface area contributed by atoms with Gasteiger partial charge in [0.05, 0.1) is 5.75 Å². The zero-order valence-corrected chi connectivity index (χ0v) is 10.8. The molecule has 88 valence electrons. The lowest BCUT2D eigenvalue weighted by molar-refractivity contribution is 0.270. The molecule has 1 aliphatic heterocycles. The Balaban J connectivity index is 2.36. The minimum absolute atomic E-state index is 0.0628. The van der Waals surface area contributed by atoms with E-state index in [1.807, 2.05) is 6.08 Å². The van der Waals surface area contributed by atoms with Crippen molar-refractivity contribution >= 4 is 19.7 Å². The van der Waals surface area contributed by atoms with Crippen molar-refractivity contribution < 1.29 is 8.42 Å². The largest absolute Gasteiger partial charge is 0.300 e. The van der Waals surface area contributed by atoms with Crippen LogP contribution in [0, 0.1) is 5.92 Å². The van der Waals surface area contributed by atoms with Gasteiger partial charge in [0.25, 0.3) is 0 Å². The molecule has 0 aliphatic carbocycles. The molecule has 0 radical (unpaired) electrons. The van der Waals surface area contributed by atoms with E-state index in [-0.39, 0.29) is 5.75 Å². The molecule has 1 rings (SSSR count). The lowest BCUT2D eigenvalue weighted by Gasteiger charge is -2.19. The standard InChI is InChI=1S/C10H18ClNO2S/c1-9(2)12-6-5-10(8-12)4-3-7-15(11,13)14/h3-4,9-10H,5-8H2,1-2H3/b4-3-. The molecule has 1 fully saturated rings. The molecule has 1 unspecified atom stereocenters. The molecule has 0 aromatic carbocycles. The number of likely N-dealkylation sites (tertiary alicyclic amines) is 1. The summed E-state index contributed by atoms with van der Waals surface area (Å²) in [6.45, 7) is 6.47. The quantitative estimate of drug-likeness (QED) is 0.565. The predicted molar refractivity (Wildman–Crippen MR) is 63.6 cm³/mol. The summed E-state index contributed by atoms with van der Waals surface area (Å²) >= 11 is 0. The first-order valence-electron chi connectivity index (χ1n) is 5.21. The van der Waals surface area contributed by atoms with Gasteiger partial charge in [0.1, 0.15) is 0 Å². The third kappa shape index (κ3) is 5.00. The van der Waals surface area contributed by atoms with Gasteiger partial charge in [-0.25, -0.2) is 8.42 Å². The molecular weight excluding hydrogens is 234 g/mol. The fraction of sp³-hybridized carbons (Fsp3) is 0.800. The van der Waals surface area contributed by atoms with Crippen molar-refractivity contribution in [2.24, 2.45) is 5.92 Å². The van der Waals surface area contributed by atoms with Crippen LogP contribution in [0.2, 0.25) is 0 Å². The maximum atomic E-state index is 10.7. The van der Waals surface area contributed by atoms with Gasteiger partial charge in [-0.1, -0.05) is 12.2 Å². The molecule has 1 atom stereocenters. The first-order valence-corrected chi connectivity index (χ1v) is 7.69. The summed E-state index contributed by atoms with van der Waals surface area (Å²) in [5.74, 6) is 0.415. The molecule has 1 aliphatic rings. The molecule has 1 heterocycles. The first kappa shape index (κ1) is 13.0. The topological polar surface area (TPSA) is 37.4 Å². The van der Waals surface area contributed by atoms with Gasteiger partial charge in [-0.05, 0) is 32.7 Å². The molecule has 0 spiro atoms. The number of rotatable bonds is 4. The number of hydrogen-bond acceptors (Lipinski definition) is 3. The van der Waals surface area contributed by atoms with Gasteiger partial charge in [0.2, 0.25) is 9.05 Å². The van der Waals surface area contributed by atoms with Crippen LogP contribution < -0.4 is 0 Å². The van der Waals surface area contributed by atoms with Crippen LogP contribution >= 0.6 is 10.7 Å². The average molecular weight is 252 g/mol. The molecule has 0 aromatic rings. The summed E-state index contributed by atoms with van der Waals surface area (Å²) in [4.78, 5) is 2.39. The molecule has 1 saturated heterocycles. The molecule has 0 bridgehead atoms. The summed E-state index contributed by atoms with van der Waals surface area (Å²) in [6, 6.07) is 0.570. The van der Waals surface area contributed by atoms with E-state index in [2.05, 4.69) is 18.7 Å². The van der Waals surface area contributed by atoms with E-state index in [1.54, 1.807) is 6.08 Å². The summed E-state index contributed by atoms with van der Waals surface area (Å²) < 4.78 is 21.4. The molecule has 0 saturated carbocycles. The summed E-state index contributed by atoms with van der Waals surface area (Å²) in [7, 11) is 1.73. The van der Waals surface area contributed by atoms with Gasteiger partial charge in [0.15, 0.2) is 0 Å². The van der Waals surface area contributed by atoms with Crippen molar-refractivity contribution in [1.29, 1.82) is 0 Å². The van der Waals surface area contributed by atoms with Gasteiger partial charge in [-0.2, -0.15) is 0 Å². The summed E-state index contributed by atoms with van der Waals surface area (Å²) in [6.07, 6.45) is 4.75. The van der Waals surface area contributed by atoms with Crippen molar-refractivity contribution in [3.05, 3.63) is 12.2 Å². The monoisotopic (exact) mass is 251 g/mol. The van der Waals surface area contributed by atoms with Crippen molar-refractivity contribution in [3.63, 3.8) is 0 Å². The third-order valence-corrected chi connectivity index (χ3v) is 3.66. The molecular formula is C10H18ClNO2S. The minimum Gasteiger partial charge on any atom is -0.300 e. The summed E-state index contributed by atoms with van der Waals surface area (Å²) in [5.41, 5.74) is 0. The van der Waals surface area contributed by atoms with Crippen molar-refractivity contribution in [2.75, 3.05) is 18.8 Å². The number of halogens is 1. The average Bonchev–Trinajstić information content (AvgIpc) is 2.50. The van der Waals surface area contributed by atoms with Crippen LogP contribution in [0.3, 0.4) is 0 Å². The van der Waals surface area contributed by atoms with E-state index in [0.717, 1.165) is 19.5 Å². The van der Waals surface area contributed by atoms with E-state index in [1.165, 1.54) is 0 Å². The molecule has 15 heavy (non-hydrogen) atoms. The van der Waals surface area contributed by atoms with Crippen LogP contribution in [0.4, 0.5) is 0 Å². The first-order chi connectivity index (χ1) is 6.88. The molecule has 3 nitrogen and oxygen atoms in total. The SMILES string of the molecule is CC(C)N1CCC(/C=C\CS(=O)(=O)Cl)C1. The highest BCUT2D eigenvalue weighted by Crippen LogP contribution is 2.19. The Morgan fingerprint density at radius 3 is 2.67 bits per heavy atom. The lowest BCUT2D eigenvalue weighted by atomic mass is 10.1. The van der Waals surface area contributed by atoms with Crippen LogP contribution in [0.15, 0.2) is 12.2 Å². The Hall–Kier alpha value is -0.0600. The zero-order valence-electron chi connectivity index (χ0n) is 9.19. The maximum Gasteiger partial charge on any atom is 0.236 e. The van der Waals surface area contributed by atoms with Gasteiger partial charge < -0.3 is 4.90 Å². The second kappa shape index (κ2) is 5.32. The van der Waals surface area contributed by atoms with Crippen LogP contribution in [-0.2, 0) is 9.05 Å². The number of nitrogens with zero attached hydrogens (tertiary/aromatic N) is 1. The fourth-order valence-corrected chi connectivity index (χ4v) is 2.36. The van der Waals surface area contributed by atoms with Gasteiger partial charge in [0, 0.05) is 23.3 Å². The van der Waals surface area contributed by atoms with E-state index in [4.69, 9.17) is 10.7 Å². The Morgan fingerprint density at radius 1 is 1.53 bits per heavy atom. The van der Waals surface area contributed by atoms with Crippen LogP contribution in [0.25, 0.3) is 0 Å². The lowest BCUT2D eigenvalue weighted by Crippen LogP contribution is -2.27. The van der Waals surface area contributed by atoms with Gasteiger partial charge in [-0.15, -0.1) is 0 Å². The smallest absolute Gasteiger partial charge is 0.236 e. The van der Waals surface area contributed by atoms with Crippen molar-refractivity contribution in [3.8, 4) is 0 Å². The van der Waals surface area contributed by atoms with E-state index in [0.29, 0.717) is 12.0 Å². The second-order valence-electron chi connectivity index (χ2n) is 4.27. The Labute approximate surface area is 96.5 Å². The molecule has 0 amide bonds. The zero-order chi connectivity index (χ0) is 11.5. The van der Waals surface area contributed by atoms with E-state index < -0.39 is 9.05 Å². The third-order valence-electron chi connectivity index (χ3n) is 2.69. The highest BCUT2D eigenvalue weighted by Gasteiger charge is 2.21. The fourth-order valence-electron chi connectivity index (χ4n) is 1.80. The van der Waals surface area contributed by atoms with Crippen molar-refractivity contribution in [1.82, 2.24) is 4.90 Å². The van der Waals surface area contributed by atoms with E-state index in [9.17, 15) is 8.42 Å². The minimum atomic E-state index is -3.37. The van der Waals surface area contributed by atoms with Gasteiger partial charge in [-0.3, -0.25) is 0 Å². The highest BCUT2D eigenvalue weighted by molar-refractivity contribution is 8.13. The normalized spacial score (nSPS) is 24.4. The van der Waals surface area contributed by atoms with Crippen LogP contribution in [0.1, 0.15) is 20.3 Å². The Bertz CT molecular complexity index is 324. The maximum absolute atomic E-state index is 10.7. The summed E-state index contributed by atoms with van der Waals surface area (Å²) in [5, 5.41) is 0.